The molecule has 3 rings (SSSR count). The number of benzene rings is 2. The smallest absolute Gasteiger partial charge is 0.336 e. The minimum atomic E-state index is -0.267. The van der Waals surface area contributed by atoms with E-state index in [1.54, 1.807) is 0 Å². The number of hydrogen-bond acceptors (Lipinski definition) is 4. The molecule has 0 amide bonds. The fourth-order valence-corrected chi connectivity index (χ4v) is 4.07. The van der Waals surface area contributed by atoms with Gasteiger partial charge in [0.15, 0.2) is 0 Å². The average Bonchev–Trinajstić information content (AvgIpc) is 2.71. The topological polar surface area (TPSA) is 47.6 Å². The molecule has 0 radical (unpaired) electrons. The van der Waals surface area contributed by atoms with Gasteiger partial charge in [-0.3, -0.25) is 0 Å². The monoisotopic (exact) mass is 419 g/mol. The molecule has 1 unspecified atom stereocenters. The second-order valence-corrected chi connectivity index (χ2v) is 8.30. The minimum Gasteiger partial charge on any atom is -0.489 e. The van der Waals surface area contributed by atoms with Gasteiger partial charge in [0.1, 0.15) is 12.4 Å². The van der Waals surface area contributed by atoms with E-state index >= 15 is 0 Å². The summed E-state index contributed by atoms with van der Waals surface area (Å²) in [6.07, 6.45) is 3.92. The van der Waals surface area contributed by atoms with Crippen LogP contribution in [0.15, 0.2) is 65.5 Å². The van der Waals surface area contributed by atoms with Gasteiger partial charge in [-0.05, 0) is 45.7 Å². The van der Waals surface area contributed by atoms with Crippen LogP contribution in [0, 0.1) is 13.8 Å². The molecule has 0 fully saturated rings. The second kappa shape index (κ2) is 10.3. The number of rotatable bonds is 8. The summed E-state index contributed by atoms with van der Waals surface area (Å²) in [5.74, 6) is 0.298. The third-order valence-corrected chi connectivity index (χ3v) is 5.40. The van der Waals surface area contributed by atoms with Gasteiger partial charge in [0.05, 0.1) is 12.2 Å². The number of esters is 1. The highest BCUT2D eigenvalue weighted by molar-refractivity contribution is 5.92. The first kappa shape index (κ1) is 22.7. The average molecular weight is 420 g/mol. The Hall–Kier alpha value is -3.01. The van der Waals surface area contributed by atoms with Crippen LogP contribution in [0.25, 0.3) is 0 Å². The van der Waals surface area contributed by atoms with E-state index in [9.17, 15) is 4.79 Å². The van der Waals surface area contributed by atoms with Gasteiger partial charge in [-0.25, -0.2) is 4.79 Å². The van der Waals surface area contributed by atoms with Crippen molar-refractivity contribution in [3.63, 3.8) is 0 Å². The standard InChI is InChI=1S/C27H33NO3/c1-6-7-12-30-27(29)26-21(5)28-20(4)16-24(26)23-10-8-9-11-25(23)31-17-22-14-18(2)13-19(3)15-22/h8-11,13-16,24,28H,6-7,12,17H2,1-5H3. The first-order chi connectivity index (χ1) is 14.9. The maximum absolute atomic E-state index is 12.9. The summed E-state index contributed by atoms with van der Waals surface area (Å²) in [6.45, 7) is 11.1. The van der Waals surface area contributed by atoms with Crippen LogP contribution in [-0.4, -0.2) is 12.6 Å². The summed E-state index contributed by atoms with van der Waals surface area (Å²) in [5, 5.41) is 3.29. The molecule has 164 valence electrons. The lowest BCUT2D eigenvalue weighted by atomic mass is 9.86. The molecular weight excluding hydrogens is 386 g/mol. The number of aryl methyl sites for hydroxylation is 2. The summed E-state index contributed by atoms with van der Waals surface area (Å²) < 4.78 is 11.8. The van der Waals surface area contributed by atoms with E-state index in [0.29, 0.717) is 18.8 Å². The molecule has 0 saturated heterocycles. The van der Waals surface area contributed by atoms with Crippen molar-refractivity contribution >= 4 is 5.97 Å². The van der Waals surface area contributed by atoms with Crippen molar-refractivity contribution in [1.29, 1.82) is 0 Å². The van der Waals surface area contributed by atoms with Gasteiger partial charge >= 0.3 is 5.97 Å². The largest absolute Gasteiger partial charge is 0.489 e. The van der Waals surface area contributed by atoms with Gasteiger partial charge in [0.25, 0.3) is 0 Å². The molecule has 0 saturated carbocycles. The highest BCUT2D eigenvalue weighted by Gasteiger charge is 2.30. The number of nitrogens with one attached hydrogen (secondary N) is 1. The number of hydrogen-bond donors (Lipinski definition) is 1. The van der Waals surface area contributed by atoms with E-state index in [1.165, 1.54) is 11.1 Å². The van der Waals surface area contributed by atoms with Crippen LogP contribution >= 0.6 is 0 Å². The summed E-state index contributed by atoms with van der Waals surface area (Å²) in [5.41, 5.74) is 7.03. The van der Waals surface area contributed by atoms with Crippen molar-refractivity contribution in [2.75, 3.05) is 6.61 Å². The third-order valence-electron chi connectivity index (χ3n) is 5.40. The van der Waals surface area contributed by atoms with Crippen molar-refractivity contribution in [3.8, 4) is 5.75 Å². The maximum atomic E-state index is 12.9. The Morgan fingerprint density at radius 2 is 1.74 bits per heavy atom. The lowest BCUT2D eigenvalue weighted by Crippen LogP contribution is -2.26. The molecule has 31 heavy (non-hydrogen) atoms. The first-order valence-electron chi connectivity index (χ1n) is 11.0. The second-order valence-electron chi connectivity index (χ2n) is 8.30. The number of carbonyl (C=O) groups is 1. The molecule has 1 aliphatic heterocycles. The highest BCUT2D eigenvalue weighted by atomic mass is 16.5. The van der Waals surface area contributed by atoms with Crippen LogP contribution < -0.4 is 10.1 Å². The fourth-order valence-electron chi connectivity index (χ4n) is 4.07. The van der Waals surface area contributed by atoms with Crippen molar-refractivity contribution in [3.05, 3.63) is 87.8 Å². The molecule has 0 bridgehead atoms. The van der Waals surface area contributed by atoms with Crippen LogP contribution in [-0.2, 0) is 16.1 Å². The van der Waals surface area contributed by atoms with Crippen molar-refractivity contribution < 1.29 is 14.3 Å². The van der Waals surface area contributed by atoms with E-state index in [2.05, 4.69) is 50.4 Å². The van der Waals surface area contributed by atoms with Crippen LogP contribution in [0.3, 0.4) is 0 Å². The van der Waals surface area contributed by atoms with Crippen molar-refractivity contribution in [2.24, 2.45) is 0 Å². The third kappa shape index (κ3) is 5.78. The lowest BCUT2D eigenvalue weighted by Gasteiger charge is -2.27. The normalized spacial score (nSPS) is 15.9. The van der Waals surface area contributed by atoms with Gasteiger partial charge in [-0.2, -0.15) is 0 Å². The zero-order valence-electron chi connectivity index (χ0n) is 19.2. The molecule has 1 aliphatic rings. The molecule has 1 heterocycles. The molecule has 0 aliphatic carbocycles. The molecule has 0 aromatic heterocycles. The fraction of sp³-hybridized carbons (Fsp3) is 0.370. The molecule has 2 aromatic carbocycles. The predicted octanol–water partition coefficient (Wildman–Crippen LogP) is 6.09. The zero-order chi connectivity index (χ0) is 22.4. The Kier molecular flexibility index (Phi) is 7.56. The number of para-hydroxylation sites is 1. The van der Waals surface area contributed by atoms with Gasteiger partial charge in [-0.15, -0.1) is 0 Å². The summed E-state index contributed by atoms with van der Waals surface area (Å²) in [7, 11) is 0. The molecule has 4 nitrogen and oxygen atoms in total. The Morgan fingerprint density at radius 1 is 1.03 bits per heavy atom. The molecule has 2 aromatic rings. The number of ether oxygens (including phenoxy) is 2. The van der Waals surface area contributed by atoms with Crippen LogP contribution in [0.1, 0.15) is 61.8 Å². The SMILES string of the molecule is CCCCOC(=O)C1=C(C)NC(C)=CC1c1ccccc1OCc1cc(C)cc(C)c1. The Balaban J connectivity index is 1.89. The molecule has 1 N–H and O–H groups in total. The maximum Gasteiger partial charge on any atom is 0.336 e. The van der Waals surface area contributed by atoms with Gasteiger partial charge in [0, 0.05) is 22.9 Å². The van der Waals surface area contributed by atoms with Crippen molar-refractivity contribution in [1.82, 2.24) is 5.32 Å². The van der Waals surface area contributed by atoms with Gasteiger partial charge in [-0.1, -0.05) is 66.9 Å². The van der Waals surface area contributed by atoms with Crippen molar-refractivity contribution in [2.45, 2.75) is 60.0 Å². The first-order valence-corrected chi connectivity index (χ1v) is 11.0. The predicted molar refractivity (Wildman–Crippen MR) is 125 cm³/mol. The van der Waals surface area contributed by atoms with Crippen LogP contribution in [0.2, 0.25) is 0 Å². The van der Waals surface area contributed by atoms with Crippen LogP contribution in [0.4, 0.5) is 0 Å². The Bertz CT molecular complexity index is 983. The minimum absolute atomic E-state index is 0.217. The Morgan fingerprint density at radius 3 is 2.45 bits per heavy atom. The molecule has 4 heteroatoms. The molecule has 1 atom stereocenters. The van der Waals surface area contributed by atoms with E-state index in [1.807, 2.05) is 38.1 Å². The number of carbonyl (C=O) groups excluding carboxylic acids is 1. The number of allylic oxidation sites excluding steroid dienone is 3. The van der Waals surface area contributed by atoms with Gasteiger partial charge < -0.3 is 14.8 Å². The number of unbranched alkanes of at least 4 members (excludes halogenated alkanes) is 1. The lowest BCUT2D eigenvalue weighted by molar-refractivity contribution is -0.139. The van der Waals surface area contributed by atoms with E-state index in [4.69, 9.17) is 9.47 Å². The van der Waals surface area contributed by atoms with Crippen LogP contribution in [0.5, 0.6) is 5.75 Å². The van der Waals surface area contributed by atoms with E-state index in [0.717, 1.165) is 41.1 Å². The van der Waals surface area contributed by atoms with E-state index in [-0.39, 0.29) is 11.9 Å². The summed E-state index contributed by atoms with van der Waals surface area (Å²) in [4.78, 5) is 12.9. The Labute approximate surface area is 186 Å². The van der Waals surface area contributed by atoms with E-state index < -0.39 is 0 Å². The highest BCUT2D eigenvalue weighted by Crippen LogP contribution is 2.37. The molecule has 0 spiro atoms. The molecular formula is C27H33NO3. The number of dihydropyridines is 1. The zero-order valence-corrected chi connectivity index (χ0v) is 19.2. The van der Waals surface area contributed by atoms with Gasteiger partial charge in [0.2, 0.25) is 0 Å². The summed E-state index contributed by atoms with van der Waals surface area (Å²) in [6, 6.07) is 14.4. The summed E-state index contributed by atoms with van der Waals surface area (Å²) >= 11 is 0. The quantitative estimate of drug-likeness (QED) is 0.415.